The quantitative estimate of drug-likeness (QED) is 0.831. The van der Waals surface area contributed by atoms with Crippen LogP contribution in [0.1, 0.15) is 26.3 Å². The third-order valence-electron chi connectivity index (χ3n) is 2.97. The van der Waals surface area contributed by atoms with Gasteiger partial charge >= 0.3 is 0 Å². The lowest BCUT2D eigenvalue weighted by Gasteiger charge is -2.28. The normalized spacial score (nSPS) is 15.1. The van der Waals surface area contributed by atoms with Crippen LogP contribution in [0.4, 0.5) is 0 Å². The molecule has 1 aromatic rings. The van der Waals surface area contributed by atoms with Crippen LogP contribution in [0.3, 0.4) is 0 Å². The van der Waals surface area contributed by atoms with E-state index >= 15 is 0 Å². The van der Waals surface area contributed by atoms with Crippen molar-refractivity contribution in [3.63, 3.8) is 0 Å². The van der Waals surface area contributed by atoms with Crippen molar-refractivity contribution >= 4 is 11.6 Å². The Morgan fingerprint density at radius 1 is 1.31 bits per heavy atom. The number of benzene rings is 1. The van der Waals surface area contributed by atoms with E-state index in [1.807, 2.05) is 45.0 Å². The summed E-state index contributed by atoms with van der Waals surface area (Å²) < 4.78 is 0. The van der Waals surface area contributed by atoms with Gasteiger partial charge in [0.2, 0.25) is 0 Å². The number of halogens is 1. The Bertz CT molecular complexity index is 319. The van der Waals surface area contributed by atoms with Crippen LogP contribution in [0, 0.1) is 5.92 Å². The second-order valence-corrected chi connectivity index (χ2v) is 5.18. The number of nitrogens with one attached hydrogen (secondary N) is 1. The number of hydrogen-bond donors (Lipinski definition) is 2. The van der Waals surface area contributed by atoms with Crippen molar-refractivity contribution in [2.24, 2.45) is 5.92 Å². The molecule has 0 aliphatic rings. The lowest BCUT2D eigenvalue weighted by Crippen LogP contribution is -2.41. The molecule has 0 aliphatic heterocycles. The van der Waals surface area contributed by atoms with E-state index in [9.17, 15) is 5.11 Å². The minimum atomic E-state index is -0.660. The van der Waals surface area contributed by atoms with Crippen molar-refractivity contribution in [1.82, 2.24) is 5.32 Å². The van der Waals surface area contributed by atoms with E-state index < -0.39 is 5.60 Å². The first-order valence-corrected chi connectivity index (χ1v) is 5.97. The summed E-state index contributed by atoms with van der Waals surface area (Å²) in [6.45, 7) is 7.23. The summed E-state index contributed by atoms with van der Waals surface area (Å²) >= 11 is 5.80. The lowest BCUT2D eigenvalue weighted by atomic mass is 9.92. The lowest BCUT2D eigenvalue weighted by molar-refractivity contribution is 0.0140. The molecule has 16 heavy (non-hydrogen) atoms. The molecule has 0 amide bonds. The van der Waals surface area contributed by atoms with Crippen molar-refractivity contribution in [1.29, 1.82) is 0 Å². The zero-order valence-corrected chi connectivity index (χ0v) is 10.9. The topological polar surface area (TPSA) is 32.3 Å². The Morgan fingerprint density at radius 2 is 1.88 bits per heavy atom. The summed E-state index contributed by atoms with van der Waals surface area (Å²) in [4.78, 5) is 0. The number of rotatable bonds is 5. The summed E-state index contributed by atoms with van der Waals surface area (Å²) in [5.41, 5.74) is 0.510. The highest BCUT2D eigenvalue weighted by Gasteiger charge is 2.23. The highest BCUT2D eigenvalue weighted by molar-refractivity contribution is 6.30. The third-order valence-corrected chi connectivity index (χ3v) is 3.22. The molecule has 1 unspecified atom stereocenters. The van der Waals surface area contributed by atoms with Crippen LogP contribution >= 0.6 is 11.6 Å². The van der Waals surface area contributed by atoms with Crippen molar-refractivity contribution in [2.45, 2.75) is 32.9 Å². The van der Waals surface area contributed by atoms with Crippen molar-refractivity contribution in [2.75, 3.05) is 6.54 Å². The fourth-order valence-electron chi connectivity index (χ4n) is 1.27. The molecule has 0 spiro atoms. The maximum atomic E-state index is 10.0. The van der Waals surface area contributed by atoms with E-state index in [4.69, 9.17) is 11.6 Å². The van der Waals surface area contributed by atoms with Crippen LogP contribution in [0.25, 0.3) is 0 Å². The standard InChI is InChI=1S/C13H20ClNO/c1-10(2)13(3,16)9-15-8-11-4-6-12(14)7-5-11/h4-7,10,15-16H,8-9H2,1-3H3. The first-order valence-electron chi connectivity index (χ1n) is 5.59. The number of hydrogen-bond acceptors (Lipinski definition) is 2. The van der Waals surface area contributed by atoms with Gasteiger partial charge in [-0.25, -0.2) is 0 Å². The second-order valence-electron chi connectivity index (χ2n) is 4.74. The largest absolute Gasteiger partial charge is 0.389 e. The molecule has 1 aromatic carbocycles. The molecular weight excluding hydrogens is 222 g/mol. The fraction of sp³-hybridized carbons (Fsp3) is 0.538. The third kappa shape index (κ3) is 4.12. The minimum Gasteiger partial charge on any atom is -0.389 e. The molecule has 0 aromatic heterocycles. The molecule has 2 N–H and O–H groups in total. The Hall–Kier alpha value is -0.570. The van der Waals surface area contributed by atoms with Gasteiger partial charge in [-0.15, -0.1) is 0 Å². The molecule has 0 bridgehead atoms. The van der Waals surface area contributed by atoms with Crippen LogP contribution in [-0.4, -0.2) is 17.3 Å². The van der Waals surface area contributed by atoms with E-state index in [0.717, 1.165) is 11.6 Å². The first kappa shape index (κ1) is 13.5. The summed E-state index contributed by atoms with van der Waals surface area (Å²) in [5.74, 6) is 0.241. The maximum absolute atomic E-state index is 10.0. The van der Waals surface area contributed by atoms with E-state index in [0.29, 0.717) is 6.54 Å². The predicted octanol–water partition coefficient (Wildman–Crippen LogP) is 2.84. The van der Waals surface area contributed by atoms with E-state index in [2.05, 4.69) is 5.32 Å². The molecule has 1 atom stereocenters. The molecule has 1 rings (SSSR count). The SMILES string of the molecule is CC(C)C(C)(O)CNCc1ccc(Cl)cc1. The van der Waals surface area contributed by atoms with Crippen molar-refractivity contribution < 1.29 is 5.11 Å². The molecule has 0 radical (unpaired) electrons. The average Bonchev–Trinajstić information content (AvgIpc) is 2.20. The van der Waals surface area contributed by atoms with E-state index in [1.165, 1.54) is 5.56 Å². The monoisotopic (exact) mass is 241 g/mol. The van der Waals surface area contributed by atoms with Gasteiger partial charge in [0.1, 0.15) is 0 Å². The Kier molecular flexibility index (Phi) is 4.78. The van der Waals surface area contributed by atoms with Crippen LogP contribution in [0.2, 0.25) is 5.02 Å². The second kappa shape index (κ2) is 5.67. The molecule has 2 nitrogen and oxygen atoms in total. The van der Waals surface area contributed by atoms with Crippen LogP contribution < -0.4 is 5.32 Å². The molecule has 3 heteroatoms. The van der Waals surface area contributed by atoms with Gasteiger partial charge in [-0.1, -0.05) is 37.6 Å². The van der Waals surface area contributed by atoms with E-state index in [1.54, 1.807) is 0 Å². The molecule has 90 valence electrons. The highest BCUT2D eigenvalue weighted by Crippen LogP contribution is 2.15. The predicted molar refractivity (Wildman–Crippen MR) is 68.6 cm³/mol. The molecule has 0 saturated heterocycles. The minimum absolute atomic E-state index is 0.241. The molecule has 0 heterocycles. The summed E-state index contributed by atoms with van der Waals surface area (Å²) in [6, 6.07) is 7.72. The average molecular weight is 242 g/mol. The first-order chi connectivity index (χ1) is 7.42. The van der Waals surface area contributed by atoms with Gasteiger partial charge in [0, 0.05) is 18.1 Å². The Labute approximate surface area is 103 Å². The van der Waals surface area contributed by atoms with Crippen LogP contribution in [0.15, 0.2) is 24.3 Å². The fourth-order valence-corrected chi connectivity index (χ4v) is 1.39. The van der Waals surface area contributed by atoms with Gasteiger partial charge < -0.3 is 10.4 Å². The Balaban J connectivity index is 2.39. The van der Waals surface area contributed by atoms with E-state index in [-0.39, 0.29) is 5.92 Å². The van der Waals surface area contributed by atoms with Gasteiger partial charge in [0.15, 0.2) is 0 Å². The summed E-state index contributed by atoms with van der Waals surface area (Å²) in [5, 5.41) is 14.0. The zero-order chi connectivity index (χ0) is 12.2. The zero-order valence-electron chi connectivity index (χ0n) is 10.1. The van der Waals surface area contributed by atoms with Gasteiger partial charge in [0.05, 0.1) is 5.60 Å². The maximum Gasteiger partial charge on any atom is 0.0766 e. The number of aliphatic hydroxyl groups is 1. The molecule has 0 aliphatic carbocycles. The summed E-state index contributed by atoms with van der Waals surface area (Å²) in [7, 11) is 0. The molecule has 0 saturated carbocycles. The summed E-state index contributed by atoms with van der Waals surface area (Å²) in [6.07, 6.45) is 0. The van der Waals surface area contributed by atoms with Crippen LogP contribution in [-0.2, 0) is 6.54 Å². The van der Waals surface area contributed by atoms with Crippen LogP contribution in [0.5, 0.6) is 0 Å². The molecular formula is C13H20ClNO. The smallest absolute Gasteiger partial charge is 0.0766 e. The van der Waals surface area contributed by atoms with Gasteiger partial charge in [-0.05, 0) is 30.5 Å². The van der Waals surface area contributed by atoms with Gasteiger partial charge in [0.25, 0.3) is 0 Å². The van der Waals surface area contributed by atoms with Gasteiger partial charge in [-0.3, -0.25) is 0 Å². The van der Waals surface area contributed by atoms with Crippen molar-refractivity contribution in [3.05, 3.63) is 34.9 Å². The Morgan fingerprint density at radius 3 is 2.38 bits per heavy atom. The van der Waals surface area contributed by atoms with Gasteiger partial charge in [-0.2, -0.15) is 0 Å². The van der Waals surface area contributed by atoms with Crippen molar-refractivity contribution in [3.8, 4) is 0 Å². The highest BCUT2D eigenvalue weighted by atomic mass is 35.5. The molecule has 0 fully saturated rings.